The van der Waals surface area contributed by atoms with Crippen LogP contribution in [0.15, 0.2) is 60.7 Å². The summed E-state index contributed by atoms with van der Waals surface area (Å²) in [4.78, 5) is 23.4. The van der Waals surface area contributed by atoms with E-state index < -0.39 is 0 Å². The molecule has 0 spiro atoms. The summed E-state index contributed by atoms with van der Waals surface area (Å²) in [7, 11) is 1.78. The minimum Gasteiger partial charge on any atom is -0.336 e. The quantitative estimate of drug-likeness (QED) is 0.709. The van der Waals surface area contributed by atoms with Crippen molar-refractivity contribution in [1.82, 2.24) is 14.9 Å². The van der Waals surface area contributed by atoms with Gasteiger partial charge < -0.3 is 10.2 Å². The van der Waals surface area contributed by atoms with E-state index >= 15 is 0 Å². The van der Waals surface area contributed by atoms with E-state index in [-0.39, 0.29) is 5.91 Å². The fraction of sp³-hybridized carbons (Fsp3) is 0.227. The van der Waals surface area contributed by atoms with E-state index in [0.717, 1.165) is 23.4 Å². The molecule has 5 nitrogen and oxygen atoms in total. The molecule has 0 aliphatic heterocycles. The van der Waals surface area contributed by atoms with Crippen LogP contribution in [0.5, 0.6) is 0 Å². The molecule has 1 aromatic heterocycles. The Hall–Kier alpha value is -3.21. The maximum Gasteiger partial charge on any atom is 0.272 e. The van der Waals surface area contributed by atoms with Crippen molar-refractivity contribution in [2.24, 2.45) is 0 Å². The summed E-state index contributed by atoms with van der Waals surface area (Å²) >= 11 is 0. The first-order valence-corrected chi connectivity index (χ1v) is 9.07. The monoisotopic (exact) mass is 360 g/mol. The summed E-state index contributed by atoms with van der Waals surface area (Å²) in [6.45, 7) is 4.50. The molecule has 3 aromatic rings. The first kappa shape index (κ1) is 18.6. The van der Waals surface area contributed by atoms with Gasteiger partial charge in [-0.2, -0.15) is 0 Å². The van der Waals surface area contributed by atoms with Gasteiger partial charge >= 0.3 is 0 Å². The van der Waals surface area contributed by atoms with E-state index in [2.05, 4.69) is 28.3 Å². The van der Waals surface area contributed by atoms with Crippen LogP contribution < -0.4 is 5.32 Å². The number of aromatic nitrogens is 2. The molecule has 3 rings (SSSR count). The Kier molecular flexibility index (Phi) is 5.81. The summed E-state index contributed by atoms with van der Waals surface area (Å²) in [5, 5.41) is 3.26. The molecular weight excluding hydrogens is 336 g/mol. The van der Waals surface area contributed by atoms with Gasteiger partial charge in [0.15, 0.2) is 0 Å². The predicted octanol–water partition coefficient (Wildman–Crippen LogP) is 4.36. The van der Waals surface area contributed by atoms with Crippen molar-refractivity contribution in [2.75, 3.05) is 12.4 Å². The highest BCUT2D eigenvalue weighted by atomic mass is 16.2. The molecule has 1 amide bonds. The lowest BCUT2D eigenvalue weighted by molar-refractivity contribution is 0.0779. The summed E-state index contributed by atoms with van der Waals surface area (Å²) in [5.41, 5.74) is 4.35. The number of carbonyl (C=O) groups is 1. The molecule has 0 saturated heterocycles. The number of carbonyl (C=O) groups excluding carboxylic acids is 1. The SMILES string of the molecule is CCc1ccccc1Nc1nc(C)cc(C(=O)N(C)Cc2ccccc2)n1. The molecule has 0 aliphatic rings. The molecular formula is C22H24N4O. The molecule has 0 bridgehead atoms. The minimum absolute atomic E-state index is 0.129. The average Bonchev–Trinajstić information content (AvgIpc) is 2.68. The second kappa shape index (κ2) is 8.45. The number of nitrogens with one attached hydrogen (secondary N) is 1. The predicted molar refractivity (Wildman–Crippen MR) is 108 cm³/mol. The van der Waals surface area contributed by atoms with E-state index in [1.807, 2.05) is 55.5 Å². The number of nitrogens with zero attached hydrogens (tertiary/aromatic N) is 3. The van der Waals surface area contributed by atoms with E-state index in [0.29, 0.717) is 18.2 Å². The number of aryl methyl sites for hydroxylation is 2. The van der Waals surface area contributed by atoms with Gasteiger partial charge in [0.1, 0.15) is 5.69 Å². The standard InChI is InChI=1S/C22H24N4O/c1-4-18-12-8-9-13-19(18)24-22-23-16(2)14-20(25-22)21(27)26(3)15-17-10-6-5-7-11-17/h5-14H,4,15H2,1-3H3,(H,23,24,25). The second-order valence-electron chi connectivity index (χ2n) is 6.50. The van der Waals surface area contributed by atoms with Gasteiger partial charge in [0.05, 0.1) is 0 Å². The number of rotatable bonds is 6. The molecule has 0 aliphatic carbocycles. The lowest BCUT2D eigenvalue weighted by Crippen LogP contribution is -2.27. The minimum atomic E-state index is -0.129. The number of benzene rings is 2. The van der Waals surface area contributed by atoms with Gasteiger partial charge in [-0.3, -0.25) is 4.79 Å². The van der Waals surface area contributed by atoms with Crippen molar-refractivity contribution in [3.05, 3.63) is 83.2 Å². The fourth-order valence-electron chi connectivity index (χ4n) is 2.93. The third kappa shape index (κ3) is 4.70. The highest BCUT2D eigenvalue weighted by Gasteiger charge is 2.16. The van der Waals surface area contributed by atoms with Gasteiger partial charge in [-0.1, -0.05) is 55.5 Å². The van der Waals surface area contributed by atoms with E-state index in [4.69, 9.17) is 0 Å². The molecule has 1 heterocycles. The molecule has 0 radical (unpaired) electrons. The Morgan fingerprint density at radius 2 is 1.74 bits per heavy atom. The van der Waals surface area contributed by atoms with Crippen LogP contribution in [0.25, 0.3) is 0 Å². The van der Waals surface area contributed by atoms with Gasteiger partial charge in [0, 0.05) is 25.0 Å². The van der Waals surface area contributed by atoms with Gasteiger partial charge in [-0.05, 0) is 36.6 Å². The molecule has 0 saturated carbocycles. The third-order valence-corrected chi connectivity index (χ3v) is 4.33. The van der Waals surface area contributed by atoms with Crippen molar-refractivity contribution < 1.29 is 4.79 Å². The summed E-state index contributed by atoms with van der Waals surface area (Å²) in [5.74, 6) is 0.309. The van der Waals surface area contributed by atoms with Crippen LogP contribution in [-0.4, -0.2) is 27.8 Å². The second-order valence-corrected chi connectivity index (χ2v) is 6.50. The average molecular weight is 360 g/mol. The van der Waals surface area contributed by atoms with Crippen molar-refractivity contribution in [3.63, 3.8) is 0 Å². The van der Waals surface area contributed by atoms with Crippen LogP contribution in [0, 0.1) is 6.92 Å². The van der Waals surface area contributed by atoms with Crippen LogP contribution in [0.3, 0.4) is 0 Å². The fourth-order valence-corrected chi connectivity index (χ4v) is 2.93. The highest BCUT2D eigenvalue weighted by molar-refractivity contribution is 5.92. The summed E-state index contributed by atoms with van der Waals surface area (Å²) < 4.78 is 0. The topological polar surface area (TPSA) is 58.1 Å². The van der Waals surface area contributed by atoms with Crippen LogP contribution >= 0.6 is 0 Å². The largest absolute Gasteiger partial charge is 0.336 e. The van der Waals surface area contributed by atoms with Crippen LogP contribution in [0.1, 0.15) is 34.2 Å². The van der Waals surface area contributed by atoms with Crippen LogP contribution in [0.2, 0.25) is 0 Å². The van der Waals surface area contributed by atoms with Crippen LogP contribution in [-0.2, 0) is 13.0 Å². The molecule has 2 aromatic carbocycles. The van der Waals surface area contributed by atoms with E-state index in [9.17, 15) is 4.79 Å². The van der Waals surface area contributed by atoms with Gasteiger partial charge in [0.25, 0.3) is 5.91 Å². The van der Waals surface area contributed by atoms with Crippen molar-refractivity contribution in [1.29, 1.82) is 0 Å². The van der Waals surface area contributed by atoms with Crippen molar-refractivity contribution >= 4 is 17.5 Å². The Morgan fingerprint density at radius 1 is 1.04 bits per heavy atom. The first-order valence-electron chi connectivity index (χ1n) is 9.07. The molecule has 0 fully saturated rings. The number of anilines is 2. The Morgan fingerprint density at radius 3 is 2.48 bits per heavy atom. The molecule has 5 heteroatoms. The molecule has 138 valence electrons. The molecule has 1 N–H and O–H groups in total. The zero-order chi connectivity index (χ0) is 19.2. The van der Waals surface area contributed by atoms with Crippen molar-refractivity contribution in [2.45, 2.75) is 26.8 Å². The van der Waals surface area contributed by atoms with E-state index in [1.54, 1.807) is 18.0 Å². The lowest BCUT2D eigenvalue weighted by atomic mass is 10.1. The lowest BCUT2D eigenvalue weighted by Gasteiger charge is -2.18. The Labute approximate surface area is 160 Å². The number of amides is 1. The maximum absolute atomic E-state index is 12.8. The first-order chi connectivity index (χ1) is 13.1. The highest BCUT2D eigenvalue weighted by Crippen LogP contribution is 2.20. The maximum atomic E-state index is 12.8. The van der Waals surface area contributed by atoms with Crippen molar-refractivity contribution in [3.8, 4) is 0 Å². The smallest absolute Gasteiger partial charge is 0.272 e. The Balaban J connectivity index is 1.81. The number of hydrogen-bond donors (Lipinski definition) is 1. The van der Waals surface area contributed by atoms with Gasteiger partial charge in [-0.15, -0.1) is 0 Å². The van der Waals surface area contributed by atoms with Gasteiger partial charge in [-0.25, -0.2) is 9.97 Å². The normalized spacial score (nSPS) is 10.5. The third-order valence-electron chi connectivity index (χ3n) is 4.33. The Bertz CT molecular complexity index is 925. The summed E-state index contributed by atoms with van der Waals surface area (Å²) in [6, 6.07) is 19.7. The summed E-state index contributed by atoms with van der Waals surface area (Å²) in [6.07, 6.45) is 0.903. The molecule has 0 unspecified atom stereocenters. The molecule has 0 atom stereocenters. The van der Waals surface area contributed by atoms with Gasteiger partial charge in [0.2, 0.25) is 5.95 Å². The molecule has 27 heavy (non-hydrogen) atoms. The van der Waals surface area contributed by atoms with E-state index in [1.165, 1.54) is 5.56 Å². The number of para-hydroxylation sites is 1. The van der Waals surface area contributed by atoms with Crippen LogP contribution in [0.4, 0.5) is 11.6 Å². The number of hydrogen-bond acceptors (Lipinski definition) is 4. The zero-order valence-electron chi connectivity index (χ0n) is 15.9. The zero-order valence-corrected chi connectivity index (χ0v) is 15.9.